The van der Waals surface area contributed by atoms with Gasteiger partial charge >= 0.3 is 6.18 Å². The molecule has 1 aromatic heterocycles. The van der Waals surface area contributed by atoms with Crippen molar-refractivity contribution in [3.05, 3.63) is 59.7 Å². The molecule has 2 aromatic carbocycles. The highest BCUT2D eigenvalue weighted by molar-refractivity contribution is 6.32. The van der Waals surface area contributed by atoms with Crippen molar-refractivity contribution in [3.63, 3.8) is 0 Å². The zero-order valence-electron chi connectivity index (χ0n) is 16.1. The summed E-state index contributed by atoms with van der Waals surface area (Å²) >= 11 is 0. The number of pyridine rings is 1. The topological polar surface area (TPSA) is 45.1 Å². The number of hydrogen-bond acceptors (Lipinski definition) is 3. The van der Waals surface area contributed by atoms with Crippen LogP contribution in [0.4, 0.5) is 13.2 Å². The second kappa shape index (κ2) is 7.80. The highest BCUT2D eigenvalue weighted by Crippen LogP contribution is 2.38. The molecule has 4 rings (SSSR count). The van der Waals surface area contributed by atoms with Crippen LogP contribution in [0, 0.1) is 0 Å². The summed E-state index contributed by atoms with van der Waals surface area (Å²) in [4.78, 5) is 4.39. The van der Waals surface area contributed by atoms with Gasteiger partial charge in [0, 0.05) is 11.4 Å². The number of para-hydroxylation sites is 1. The van der Waals surface area contributed by atoms with Gasteiger partial charge in [-0.3, -0.25) is 0 Å². The van der Waals surface area contributed by atoms with E-state index in [1.165, 1.54) is 6.07 Å². The zero-order chi connectivity index (χ0) is 20.6. The number of alkyl halides is 3. The summed E-state index contributed by atoms with van der Waals surface area (Å²) < 4.78 is 41.1. The summed E-state index contributed by atoms with van der Waals surface area (Å²) in [5, 5.41) is 14.7. The monoisotopic (exact) mass is 398 g/mol. The number of halogens is 3. The molecule has 2 atom stereocenters. The Balaban J connectivity index is 1.95. The van der Waals surface area contributed by atoms with E-state index in [4.69, 9.17) is 0 Å². The highest BCUT2D eigenvalue weighted by atomic mass is 19.4. The number of fused-ring (bicyclic) bond motifs is 1. The van der Waals surface area contributed by atoms with E-state index >= 15 is 0 Å². The minimum atomic E-state index is -4.52. The van der Waals surface area contributed by atoms with E-state index in [1.54, 1.807) is 12.1 Å². The van der Waals surface area contributed by atoms with Crippen molar-refractivity contribution in [1.82, 2.24) is 10.3 Å². The molecule has 0 spiro atoms. The molecule has 1 saturated heterocycles. The minimum Gasteiger partial charge on any atom is -0.387 e. The smallest absolute Gasteiger partial charge is 0.387 e. The number of aliphatic hydroxyl groups is 1. The third kappa shape index (κ3) is 4.02. The Hall–Kier alpha value is -2.38. The summed E-state index contributed by atoms with van der Waals surface area (Å²) in [7, 11) is 1.92. The molecular weight excluding hydrogens is 376 g/mol. The van der Waals surface area contributed by atoms with Crippen LogP contribution in [0.1, 0.15) is 36.5 Å². The van der Waals surface area contributed by atoms with E-state index in [0.29, 0.717) is 16.6 Å². The zero-order valence-corrected chi connectivity index (χ0v) is 16.1. The van der Waals surface area contributed by atoms with E-state index in [-0.39, 0.29) is 11.6 Å². The minimum absolute atomic E-state index is 0.121. The standard InChI is InChI=1S/C22H22BF3N2O/c23-14-6-3-5-13(11-14)19-12-16(21(29)18-9-1-2-10-27-18)15-7-4-8-17(20(15)28-19)22(24,25)26/h3-8,11-12,18,21,27,29H,1-2,9-10,23H2. The number of nitrogens with one attached hydrogen (secondary N) is 1. The fraction of sp³-hybridized carbons (Fsp3) is 0.318. The summed E-state index contributed by atoms with van der Waals surface area (Å²) in [6.45, 7) is 0.795. The molecule has 29 heavy (non-hydrogen) atoms. The molecule has 0 aliphatic carbocycles. The van der Waals surface area contributed by atoms with Gasteiger partial charge in [-0.1, -0.05) is 48.3 Å². The van der Waals surface area contributed by atoms with E-state index in [1.807, 2.05) is 32.1 Å². The van der Waals surface area contributed by atoms with Crippen molar-refractivity contribution in [3.8, 4) is 11.3 Å². The molecular formula is C22H22BF3N2O. The highest BCUT2D eigenvalue weighted by Gasteiger charge is 2.34. The first-order valence-corrected chi connectivity index (χ1v) is 9.84. The molecule has 2 N–H and O–H groups in total. The van der Waals surface area contributed by atoms with Crippen LogP contribution < -0.4 is 10.8 Å². The summed E-state index contributed by atoms with van der Waals surface area (Å²) in [5.74, 6) is 0. The SMILES string of the molecule is Bc1cccc(-c2cc(C(O)C3CCCCN3)c3cccc(C(F)(F)F)c3n2)c1. The fourth-order valence-electron chi connectivity index (χ4n) is 4.07. The van der Waals surface area contributed by atoms with Crippen LogP contribution >= 0.6 is 0 Å². The van der Waals surface area contributed by atoms with Crippen LogP contribution in [-0.2, 0) is 6.18 Å². The van der Waals surface area contributed by atoms with Crippen molar-refractivity contribution >= 4 is 24.2 Å². The van der Waals surface area contributed by atoms with Gasteiger partial charge in [0.05, 0.1) is 22.9 Å². The van der Waals surface area contributed by atoms with Crippen LogP contribution in [0.5, 0.6) is 0 Å². The van der Waals surface area contributed by atoms with Crippen LogP contribution in [0.3, 0.4) is 0 Å². The predicted octanol–water partition coefficient (Wildman–Crippen LogP) is 3.35. The molecule has 7 heteroatoms. The van der Waals surface area contributed by atoms with E-state index in [9.17, 15) is 18.3 Å². The first-order valence-electron chi connectivity index (χ1n) is 9.84. The average molecular weight is 398 g/mol. The lowest BCUT2D eigenvalue weighted by molar-refractivity contribution is -0.136. The number of rotatable bonds is 3. The largest absolute Gasteiger partial charge is 0.418 e. The summed E-state index contributed by atoms with van der Waals surface area (Å²) in [6, 6.07) is 13.1. The lowest BCUT2D eigenvalue weighted by Gasteiger charge is -2.29. The maximum absolute atomic E-state index is 13.7. The molecule has 0 amide bonds. The van der Waals surface area contributed by atoms with Gasteiger partial charge in [-0.15, -0.1) is 0 Å². The molecule has 0 saturated carbocycles. The number of aliphatic hydroxyl groups excluding tert-OH is 1. The molecule has 2 unspecified atom stereocenters. The summed E-state index contributed by atoms with van der Waals surface area (Å²) in [6.07, 6.45) is -2.64. The first kappa shape index (κ1) is 19.9. The third-order valence-electron chi connectivity index (χ3n) is 5.54. The molecule has 2 heterocycles. The number of aromatic nitrogens is 1. The normalized spacial score (nSPS) is 18.7. The number of hydrogen-bond donors (Lipinski definition) is 2. The van der Waals surface area contributed by atoms with Crippen molar-refractivity contribution < 1.29 is 18.3 Å². The number of piperidine rings is 1. The maximum Gasteiger partial charge on any atom is 0.418 e. The maximum atomic E-state index is 13.7. The lowest BCUT2D eigenvalue weighted by atomic mass is 9.90. The van der Waals surface area contributed by atoms with E-state index < -0.39 is 17.8 Å². The number of benzene rings is 2. The van der Waals surface area contributed by atoms with Crippen LogP contribution in [0.15, 0.2) is 48.5 Å². The van der Waals surface area contributed by atoms with Gasteiger partial charge in [0.2, 0.25) is 0 Å². The molecule has 0 radical (unpaired) electrons. The lowest BCUT2D eigenvalue weighted by Crippen LogP contribution is -2.38. The van der Waals surface area contributed by atoms with Crippen molar-refractivity contribution in [2.75, 3.05) is 6.54 Å². The second-order valence-electron chi connectivity index (χ2n) is 7.67. The molecule has 3 nitrogen and oxygen atoms in total. The molecule has 1 aliphatic rings. The molecule has 1 fully saturated rings. The van der Waals surface area contributed by atoms with Gasteiger partial charge < -0.3 is 10.4 Å². The molecule has 0 bridgehead atoms. The van der Waals surface area contributed by atoms with Gasteiger partial charge in [0.1, 0.15) is 7.85 Å². The Morgan fingerprint density at radius 3 is 2.59 bits per heavy atom. The number of nitrogens with zero attached hydrogens (tertiary/aromatic N) is 1. The Labute approximate surface area is 168 Å². The fourth-order valence-corrected chi connectivity index (χ4v) is 4.07. The average Bonchev–Trinajstić information content (AvgIpc) is 2.72. The second-order valence-corrected chi connectivity index (χ2v) is 7.67. The van der Waals surface area contributed by atoms with E-state index in [0.717, 1.165) is 42.9 Å². The predicted molar refractivity (Wildman–Crippen MR) is 111 cm³/mol. The molecule has 150 valence electrons. The first-order chi connectivity index (χ1) is 13.8. The van der Waals surface area contributed by atoms with Crippen molar-refractivity contribution in [2.45, 2.75) is 37.6 Å². The Kier molecular flexibility index (Phi) is 5.36. The van der Waals surface area contributed by atoms with Gasteiger partial charge in [-0.05, 0) is 42.6 Å². The van der Waals surface area contributed by atoms with Crippen molar-refractivity contribution in [2.24, 2.45) is 0 Å². The molecule has 3 aromatic rings. The molecule has 1 aliphatic heterocycles. The van der Waals surface area contributed by atoms with E-state index in [2.05, 4.69) is 10.3 Å². The van der Waals surface area contributed by atoms with Crippen LogP contribution in [-0.4, -0.2) is 30.5 Å². The van der Waals surface area contributed by atoms with Crippen molar-refractivity contribution in [1.29, 1.82) is 0 Å². The van der Waals surface area contributed by atoms with Gasteiger partial charge in [-0.25, -0.2) is 4.98 Å². The Morgan fingerprint density at radius 1 is 1.10 bits per heavy atom. The van der Waals surface area contributed by atoms with Gasteiger partial charge in [0.15, 0.2) is 0 Å². The van der Waals surface area contributed by atoms with Crippen LogP contribution in [0.25, 0.3) is 22.2 Å². The quantitative estimate of drug-likeness (QED) is 0.666. The Bertz CT molecular complexity index is 1030. The Morgan fingerprint density at radius 2 is 1.90 bits per heavy atom. The van der Waals surface area contributed by atoms with Crippen LogP contribution in [0.2, 0.25) is 0 Å². The van der Waals surface area contributed by atoms with Gasteiger partial charge in [0.25, 0.3) is 0 Å². The third-order valence-corrected chi connectivity index (χ3v) is 5.54. The van der Waals surface area contributed by atoms with Gasteiger partial charge in [-0.2, -0.15) is 13.2 Å². The summed E-state index contributed by atoms with van der Waals surface area (Å²) in [5.41, 5.74) is 1.73.